The topological polar surface area (TPSA) is 105 Å². The summed E-state index contributed by atoms with van der Waals surface area (Å²) in [5.74, 6) is -0.128. The molecular weight excluding hydrogens is 282 g/mol. The van der Waals surface area contributed by atoms with Gasteiger partial charge in [-0.1, -0.05) is 0 Å². The van der Waals surface area contributed by atoms with Gasteiger partial charge in [0.05, 0.1) is 23.8 Å². The van der Waals surface area contributed by atoms with Crippen molar-refractivity contribution < 1.29 is 18.3 Å². The number of anilines is 1. The smallest absolute Gasteiger partial charge is 0.240 e. The number of ether oxygens (including phenoxy) is 1. The largest absolute Gasteiger partial charge is 0.506 e. The van der Waals surface area contributed by atoms with Gasteiger partial charge in [-0.05, 0) is 18.2 Å². The molecule has 0 amide bonds. The van der Waals surface area contributed by atoms with Gasteiger partial charge in [-0.2, -0.15) is 0 Å². The number of benzene rings is 1. The average molecular weight is 301 g/mol. The molecule has 0 atom stereocenters. The van der Waals surface area contributed by atoms with Crippen molar-refractivity contribution in [3.63, 3.8) is 0 Å². The first kappa shape index (κ1) is 15.0. The van der Waals surface area contributed by atoms with E-state index < -0.39 is 10.0 Å². The summed E-state index contributed by atoms with van der Waals surface area (Å²) in [6.45, 7) is 3.95. The van der Waals surface area contributed by atoms with Crippen molar-refractivity contribution in [2.75, 3.05) is 45.1 Å². The van der Waals surface area contributed by atoms with Gasteiger partial charge in [-0.3, -0.25) is 4.90 Å². The second-order valence-electron chi connectivity index (χ2n) is 4.57. The molecule has 1 aromatic carbocycles. The van der Waals surface area contributed by atoms with Gasteiger partial charge in [-0.15, -0.1) is 0 Å². The van der Waals surface area contributed by atoms with E-state index in [0.717, 1.165) is 13.1 Å². The van der Waals surface area contributed by atoms with Gasteiger partial charge in [0.1, 0.15) is 5.75 Å². The van der Waals surface area contributed by atoms with E-state index in [1.54, 1.807) is 0 Å². The predicted molar refractivity (Wildman–Crippen MR) is 75.0 cm³/mol. The summed E-state index contributed by atoms with van der Waals surface area (Å²) >= 11 is 0. The normalized spacial score (nSPS) is 17.2. The molecule has 112 valence electrons. The Morgan fingerprint density at radius 2 is 2.05 bits per heavy atom. The van der Waals surface area contributed by atoms with Crippen molar-refractivity contribution in [2.24, 2.45) is 0 Å². The fourth-order valence-corrected chi connectivity index (χ4v) is 3.00. The van der Waals surface area contributed by atoms with Crippen molar-refractivity contribution in [1.82, 2.24) is 9.62 Å². The van der Waals surface area contributed by atoms with E-state index in [2.05, 4.69) is 9.62 Å². The number of hydrogen-bond donors (Lipinski definition) is 3. The fourth-order valence-electron chi connectivity index (χ4n) is 1.95. The van der Waals surface area contributed by atoms with Crippen LogP contribution in [0.25, 0.3) is 0 Å². The van der Waals surface area contributed by atoms with Gasteiger partial charge in [-0.25, -0.2) is 13.1 Å². The Morgan fingerprint density at radius 1 is 1.35 bits per heavy atom. The minimum atomic E-state index is -3.60. The van der Waals surface area contributed by atoms with Crippen LogP contribution in [0.3, 0.4) is 0 Å². The lowest BCUT2D eigenvalue weighted by Crippen LogP contribution is -2.41. The molecule has 1 saturated heterocycles. The highest BCUT2D eigenvalue weighted by molar-refractivity contribution is 7.89. The molecule has 7 nitrogen and oxygen atoms in total. The number of rotatable bonds is 5. The molecule has 1 aliphatic rings. The van der Waals surface area contributed by atoms with Crippen molar-refractivity contribution in [3.05, 3.63) is 18.2 Å². The number of sulfonamides is 1. The molecule has 0 radical (unpaired) electrons. The molecule has 4 N–H and O–H groups in total. The zero-order valence-corrected chi connectivity index (χ0v) is 11.9. The Hall–Kier alpha value is -1.35. The molecule has 20 heavy (non-hydrogen) atoms. The number of morpholine rings is 1. The summed E-state index contributed by atoms with van der Waals surface area (Å²) < 4.78 is 31.8. The quantitative estimate of drug-likeness (QED) is 0.504. The summed E-state index contributed by atoms with van der Waals surface area (Å²) in [5, 5.41) is 9.30. The third-order valence-electron chi connectivity index (χ3n) is 3.13. The van der Waals surface area contributed by atoms with Crippen LogP contribution in [0.15, 0.2) is 23.1 Å². The standard InChI is InChI=1S/C12H19N3O4S/c13-11-9-10(1-2-12(11)16)20(17,18)14-3-4-15-5-7-19-8-6-15/h1-2,9,14,16H,3-8,13H2. The molecule has 0 spiro atoms. The summed E-state index contributed by atoms with van der Waals surface area (Å²) in [4.78, 5) is 2.19. The molecule has 8 heteroatoms. The Balaban J connectivity index is 1.91. The van der Waals surface area contributed by atoms with Crippen LogP contribution in [0.4, 0.5) is 5.69 Å². The molecule has 1 heterocycles. The van der Waals surface area contributed by atoms with E-state index >= 15 is 0 Å². The molecule has 2 rings (SSSR count). The van der Waals surface area contributed by atoms with Crippen LogP contribution < -0.4 is 10.5 Å². The number of phenolic OH excluding ortho intramolecular Hbond substituents is 1. The monoisotopic (exact) mass is 301 g/mol. The van der Waals surface area contributed by atoms with Crippen LogP contribution in [0.2, 0.25) is 0 Å². The SMILES string of the molecule is Nc1cc(S(=O)(=O)NCCN2CCOCC2)ccc1O. The highest BCUT2D eigenvalue weighted by atomic mass is 32.2. The number of nitrogens with one attached hydrogen (secondary N) is 1. The highest BCUT2D eigenvalue weighted by Gasteiger charge is 2.16. The van der Waals surface area contributed by atoms with E-state index in [9.17, 15) is 13.5 Å². The van der Waals surface area contributed by atoms with Crippen LogP contribution in [0, 0.1) is 0 Å². The van der Waals surface area contributed by atoms with Gasteiger partial charge in [0.25, 0.3) is 0 Å². The van der Waals surface area contributed by atoms with Gasteiger partial charge < -0.3 is 15.6 Å². The molecule has 0 aliphatic carbocycles. The summed E-state index contributed by atoms with van der Waals surface area (Å²) in [6.07, 6.45) is 0. The zero-order chi connectivity index (χ0) is 14.6. The average Bonchev–Trinajstić information content (AvgIpc) is 2.43. The summed E-state index contributed by atoms with van der Waals surface area (Å²) in [7, 11) is -3.60. The number of nitrogens with zero attached hydrogens (tertiary/aromatic N) is 1. The number of nitrogen functional groups attached to an aromatic ring is 1. The van der Waals surface area contributed by atoms with Crippen molar-refractivity contribution in [2.45, 2.75) is 4.90 Å². The molecular formula is C12H19N3O4S. The molecule has 0 bridgehead atoms. The predicted octanol–water partition coefficient (Wildman–Crippen LogP) is -0.415. The fraction of sp³-hybridized carbons (Fsp3) is 0.500. The first-order chi connectivity index (χ1) is 9.49. The molecule has 0 saturated carbocycles. The molecule has 1 aromatic rings. The summed E-state index contributed by atoms with van der Waals surface area (Å²) in [6, 6.07) is 3.83. The molecule has 1 fully saturated rings. The van der Waals surface area contributed by atoms with Gasteiger partial charge in [0.15, 0.2) is 0 Å². The first-order valence-corrected chi connectivity index (χ1v) is 7.85. The maximum Gasteiger partial charge on any atom is 0.240 e. The highest BCUT2D eigenvalue weighted by Crippen LogP contribution is 2.22. The first-order valence-electron chi connectivity index (χ1n) is 6.37. The van der Waals surface area contributed by atoms with Crippen molar-refractivity contribution in [3.8, 4) is 5.75 Å². The lowest BCUT2D eigenvalue weighted by molar-refractivity contribution is 0.0390. The Bertz CT molecular complexity index is 556. The summed E-state index contributed by atoms with van der Waals surface area (Å²) in [5.41, 5.74) is 5.54. The number of hydrogen-bond acceptors (Lipinski definition) is 6. The number of aromatic hydroxyl groups is 1. The zero-order valence-electron chi connectivity index (χ0n) is 11.1. The maximum atomic E-state index is 12.0. The third kappa shape index (κ3) is 3.83. The van der Waals surface area contributed by atoms with E-state index in [1.807, 2.05) is 0 Å². The second kappa shape index (κ2) is 6.40. The van der Waals surface area contributed by atoms with Crippen molar-refractivity contribution in [1.29, 1.82) is 0 Å². The van der Waals surface area contributed by atoms with Crippen LogP contribution in [0.1, 0.15) is 0 Å². The van der Waals surface area contributed by atoms with Crippen LogP contribution in [-0.4, -0.2) is 57.8 Å². The molecule has 0 aromatic heterocycles. The lowest BCUT2D eigenvalue weighted by Gasteiger charge is -2.26. The van der Waals surface area contributed by atoms with E-state index in [0.29, 0.717) is 26.3 Å². The Labute approximate surface area is 118 Å². The van der Waals surface area contributed by atoms with Gasteiger partial charge in [0.2, 0.25) is 10.0 Å². The Kier molecular flexibility index (Phi) is 4.81. The molecule has 1 aliphatic heterocycles. The number of phenols is 1. The van der Waals surface area contributed by atoms with Crippen molar-refractivity contribution >= 4 is 15.7 Å². The van der Waals surface area contributed by atoms with Gasteiger partial charge in [0, 0.05) is 26.2 Å². The second-order valence-corrected chi connectivity index (χ2v) is 6.34. The lowest BCUT2D eigenvalue weighted by atomic mass is 10.3. The minimum Gasteiger partial charge on any atom is -0.506 e. The number of nitrogens with two attached hydrogens (primary N) is 1. The van der Waals surface area contributed by atoms with Crippen LogP contribution in [-0.2, 0) is 14.8 Å². The van der Waals surface area contributed by atoms with E-state index in [1.165, 1.54) is 18.2 Å². The minimum absolute atomic E-state index is 0.0426. The van der Waals surface area contributed by atoms with E-state index in [-0.39, 0.29) is 16.3 Å². The maximum absolute atomic E-state index is 12.0. The molecule has 0 unspecified atom stereocenters. The van der Waals surface area contributed by atoms with Crippen LogP contribution >= 0.6 is 0 Å². The van der Waals surface area contributed by atoms with Crippen LogP contribution in [0.5, 0.6) is 5.75 Å². The third-order valence-corrected chi connectivity index (χ3v) is 4.59. The van der Waals surface area contributed by atoms with Gasteiger partial charge >= 0.3 is 0 Å². The van der Waals surface area contributed by atoms with E-state index in [4.69, 9.17) is 10.5 Å². The Morgan fingerprint density at radius 3 is 2.70 bits per heavy atom.